The summed E-state index contributed by atoms with van der Waals surface area (Å²) < 4.78 is 11.9. The van der Waals surface area contributed by atoms with E-state index in [2.05, 4.69) is 10.6 Å². The second-order valence-electron chi connectivity index (χ2n) is 7.67. The predicted octanol–water partition coefficient (Wildman–Crippen LogP) is 0.557. The van der Waals surface area contributed by atoms with E-state index in [1.807, 2.05) is 5.73 Å². The highest BCUT2D eigenvalue weighted by Crippen LogP contribution is 2.28. The first-order valence-corrected chi connectivity index (χ1v) is 9.76. The summed E-state index contributed by atoms with van der Waals surface area (Å²) in [7, 11) is 1.30. The lowest BCUT2D eigenvalue weighted by molar-refractivity contribution is -0.142. The number of nitrogens with one attached hydrogen (secondary N) is 2. The summed E-state index contributed by atoms with van der Waals surface area (Å²) in [5.41, 5.74) is 1.91. The lowest BCUT2D eigenvalue weighted by atomic mass is 9.82. The van der Waals surface area contributed by atoms with Crippen molar-refractivity contribution in [2.45, 2.75) is 76.9 Å². The first kappa shape index (κ1) is 22.1. The molecule has 0 aromatic heterocycles. The molecule has 9 heteroatoms. The fourth-order valence-corrected chi connectivity index (χ4v) is 3.46. The van der Waals surface area contributed by atoms with Crippen molar-refractivity contribution in [1.82, 2.24) is 10.6 Å². The van der Waals surface area contributed by atoms with E-state index in [9.17, 15) is 19.2 Å². The minimum absolute atomic E-state index is 0.0571. The fourth-order valence-electron chi connectivity index (χ4n) is 3.46. The average molecular weight is 400 g/mol. The van der Waals surface area contributed by atoms with Crippen molar-refractivity contribution in [3.05, 3.63) is 0 Å². The van der Waals surface area contributed by atoms with E-state index in [4.69, 9.17) is 11.3 Å². The number of carboxylic acid groups (broad SMARTS) is 1. The van der Waals surface area contributed by atoms with Crippen molar-refractivity contribution in [3.8, 4) is 0 Å². The van der Waals surface area contributed by atoms with Crippen molar-refractivity contribution >= 4 is 23.8 Å². The normalized spacial score (nSPS) is 18.5. The molecule has 0 spiro atoms. The van der Waals surface area contributed by atoms with Gasteiger partial charge >= 0.3 is 11.9 Å². The monoisotopic (exact) mass is 400 g/mol. The van der Waals surface area contributed by atoms with Gasteiger partial charge in [-0.3, -0.25) is 19.2 Å². The second-order valence-corrected chi connectivity index (χ2v) is 7.67. The molecule has 9 nitrogen and oxygen atoms in total. The molecule has 28 heavy (non-hydrogen) atoms. The van der Waals surface area contributed by atoms with Gasteiger partial charge in [0.05, 0.1) is 26.0 Å². The molecule has 1 unspecified atom stereocenters. The number of carbonyl (C=O) groups excluding carboxylic acids is 3. The van der Waals surface area contributed by atoms with E-state index < -0.39 is 48.3 Å². The first-order chi connectivity index (χ1) is 13.7. The van der Waals surface area contributed by atoms with Crippen molar-refractivity contribution in [2.75, 3.05) is 7.11 Å². The molecule has 1 saturated carbocycles. The van der Waals surface area contributed by atoms with E-state index in [1.54, 1.807) is 13.8 Å². The second kappa shape index (κ2) is 11.6. The number of amides is 2. The Hall–Kier alpha value is -2.16. The van der Waals surface area contributed by atoms with Crippen LogP contribution in [0.15, 0.2) is 0 Å². The summed E-state index contributed by atoms with van der Waals surface area (Å²) in [6.07, 6.45) is 4.50. The van der Waals surface area contributed by atoms with Crippen molar-refractivity contribution in [2.24, 2.45) is 17.6 Å². The number of carbonyl (C=O) groups is 4. The van der Waals surface area contributed by atoms with Crippen LogP contribution in [0.1, 0.15) is 58.8 Å². The quantitative estimate of drug-likeness (QED) is 0.370. The third-order valence-electron chi connectivity index (χ3n) is 5.10. The number of esters is 1. The third-order valence-corrected chi connectivity index (χ3v) is 5.10. The molecule has 0 aromatic carbocycles. The molecular weight excluding hydrogens is 366 g/mol. The van der Waals surface area contributed by atoms with Gasteiger partial charge in [-0.1, -0.05) is 33.1 Å². The van der Waals surface area contributed by atoms with E-state index >= 15 is 0 Å². The Labute approximate surface area is 167 Å². The van der Waals surface area contributed by atoms with Crippen LogP contribution >= 0.6 is 0 Å². The Bertz CT molecular complexity index is 580. The van der Waals surface area contributed by atoms with Crippen LogP contribution in [0.5, 0.6) is 0 Å². The van der Waals surface area contributed by atoms with E-state index in [-0.39, 0.29) is 18.3 Å². The SMILES string of the molecule is [2H]N[C@@H](CC(=O)O)C(=O)N[C@H](C(=O)NC(CC(=O)OC)C1CCCCC1)C(C)C. The minimum atomic E-state index is -1.27. The zero-order valence-corrected chi connectivity index (χ0v) is 16.8. The fraction of sp³-hybridized carbons (Fsp3) is 0.789. The van der Waals surface area contributed by atoms with Gasteiger partial charge in [0, 0.05) is 6.04 Å². The number of hydrogen-bond acceptors (Lipinski definition) is 6. The average Bonchev–Trinajstić information content (AvgIpc) is 2.69. The van der Waals surface area contributed by atoms with Crippen LogP contribution in [0.25, 0.3) is 0 Å². The molecule has 0 bridgehead atoms. The summed E-state index contributed by atoms with van der Waals surface area (Å²) in [6, 6.07) is -2.58. The highest BCUT2D eigenvalue weighted by Gasteiger charge is 2.32. The van der Waals surface area contributed by atoms with Crippen molar-refractivity contribution in [1.29, 1.82) is 0 Å². The zero-order valence-electron chi connectivity index (χ0n) is 17.8. The molecule has 1 fully saturated rings. The molecule has 2 amide bonds. The topological polar surface area (TPSA) is 148 Å². The zero-order chi connectivity index (χ0) is 22.0. The smallest absolute Gasteiger partial charge is 0.307 e. The Morgan fingerprint density at radius 3 is 2.25 bits per heavy atom. The van der Waals surface area contributed by atoms with Gasteiger partial charge in [0.2, 0.25) is 11.8 Å². The Morgan fingerprint density at radius 1 is 1.11 bits per heavy atom. The largest absolute Gasteiger partial charge is 0.481 e. The number of ether oxygens (including phenoxy) is 1. The molecule has 160 valence electrons. The van der Waals surface area contributed by atoms with Gasteiger partial charge < -0.3 is 26.2 Å². The van der Waals surface area contributed by atoms with Gasteiger partial charge in [-0.25, -0.2) is 0 Å². The predicted molar refractivity (Wildman–Crippen MR) is 102 cm³/mol. The molecular formula is C19H33N3O6. The maximum Gasteiger partial charge on any atom is 0.307 e. The van der Waals surface area contributed by atoms with E-state index in [0.717, 1.165) is 32.1 Å². The number of nitrogens with two attached hydrogens (primary N) is 1. The molecule has 0 saturated heterocycles. The summed E-state index contributed by atoms with van der Waals surface area (Å²) in [5, 5.41) is 14.3. The van der Waals surface area contributed by atoms with Crippen LogP contribution in [0.3, 0.4) is 0 Å². The third kappa shape index (κ3) is 7.84. The number of hydrogen-bond donors (Lipinski definition) is 4. The van der Waals surface area contributed by atoms with E-state index in [1.165, 1.54) is 7.11 Å². The lowest BCUT2D eigenvalue weighted by Gasteiger charge is -2.32. The number of rotatable bonds is 11. The number of methoxy groups -OCH3 is 1. The standard InChI is InChI=1S/C19H33N3O6/c1-11(2)17(22-18(26)13(20)9-15(23)24)19(27)21-14(10-16(25)28-3)12-7-5-4-6-8-12/h11-14,17H,4-10,20H2,1-3H3,(H,21,27)(H,22,26)(H,23,24)/t13-,14?,17-/m0/s1/i/hD. The van der Waals surface area contributed by atoms with Crippen molar-refractivity contribution in [3.63, 3.8) is 0 Å². The Morgan fingerprint density at radius 2 is 1.75 bits per heavy atom. The maximum atomic E-state index is 12.9. The number of aliphatic carboxylic acids is 1. The van der Waals surface area contributed by atoms with Crippen LogP contribution < -0.4 is 16.4 Å². The minimum Gasteiger partial charge on any atom is -0.481 e. The van der Waals surface area contributed by atoms with Crippen LogP contribution in [0.2, 0.25) is 1.41 Å². The number of carboxylic acids is 1. The van der Waals surface area contributed by atoms with Crippen LogP contribution in [-0.4, -0.2) is 54.1 Å². The molecule has 0 heterocycles. The molecule has 0 aromatic rings. The van der Waals surface area contributed by atoms with Crippen LogP contribution in [0, 0.1) is 11.8 Å². The van der Waals surface area contributed by atoms with Gasteiger partial charge in [-0.05, 0) is 24.7 Å². The highest BCUT2D eigenvalue weighted by molar-refractivity contribution is 5.91. The molecule has 1 aliphatic carbocycles. The van der Waals surface area contributed by atoms with Gasteiger partial charge in [-0.2, -0.15) is 0 Å². The van der Waals surface area contributed by atoms with Gasteiger partial charge in [0.1, 0.15) is 7.45 Å². The first-order valence-electron chi connectivity index (χ1n) is 10.3. The Kier molecular flexibility index (Phi) is 9.19. The molecule has 0 radical (unpaired) electrons. The van der Waals surface area contributed by atoms with E-state index in [0.29, 0.717) is 0 Å². The van der Waals surface area contributed by atoms with Gasteiger partial charge in [0.25, 0.3) is 0 Å². The molecule has 5 N–H and O–H groups in total. The maximum absolute atomic E-state index is 12.9. The summed E-state index contributed by atoms with van der Waals surface area (Å²) in [4.78, 5) is 47.9. The molecule has 0 aliphatic heterocycles. The van der Waals surface area contributed by atoms with Crippen LogP contribution in [0.4, 0.5) is 0 Å². The summed E-state index contributed by atoms with van der Waals surface area (Å²) >= 11 is 0. The lowest BCUT2D eigenvalue weighted by Crippen LogP contribution is -2.56. The van der Waals surface area contributed by atoms with Crippen LogP contribution in [-0.2, 0) is 23.9 Å². The molecule has 3 atom stereocenters. The molecule has 1 aliphatic rings. The summed E-state index contributed by atoms with van der Waals surface area (Å²) in [5.74, 6) is -2.94. The molecule has 1 rings (SSSR count). The summed E-state index contributed by atoms with van der Waals surface area (Å²) in [6.45, 7) is 3.50. The van der Waals surface area contributed by atoms with Crippen molar-refractivity contribution < 1.29 is 30.4 Å². The Balaban J connectivity index is 2.86. The highest BCUT2D eigenvalue weighted by atomic mass is 16.5. The van der Waals surface area contributed by atoms with Gasteiger partial charge in [0.15, 0.2) is 0 Å². The van der Waals surface area contributed by atoms with Gasteiger partial charge in [-0.15, -0.1) is 0 Å².